The Kier molecular flexibility index (Phi) is 10.9. The predicted molar refractivity (Wildman–Crippen MR) is 141 cm³/mol. The summed E-state index contributed by atoms with van der Waals surface area (Å²) in [5.41, 5.74) is 2.14. The zero-order valence-corrected chi connectivity index (χ0v) is 21.9. The third-order valence-corrected chi connectivity index (χ3v) is 5.18. The van der Waals surface area contributed by atoms with Crippen molar-refractivity contribution >= 4 is 29.9 Å². The Morgan fingerprint density at radius 2 is 1.91 bits per heavy atom. The van der Waals surface area contributed by atoms with Crippen molar-refractivity contribution in [2.75, 3.05) is 20.8 Å². The molecule has 0 radical (unpaired) electrons. The Bertz CT molecular complexity index is 1010. The average Bonchev–Trinajstić information content (AvgIpc) is 3.30. The molecule has 0 aliphatic rings. The summed E-state index contributed by atoms with van der Waals surface area (Å²) in [6.45, 7) is 6.16. The fourth-order valence-corrected chi connectivity index (χ4v) is 3.40. The number of hydrogen-bond donors (Lipinski definition) is 2. The molecule has 8 nitrogen and oxygen atoms in total. The van der Waals surface area contributed by atoms with Crippen molar-refractivity contribution in [1.82, 2.24) is 25.4 Å². The molecule has 1 heterocycles. The lowest BCUT2D eigenvalue weighted by Crippen LogP contribution is -2.40. The van der Waals surface area contributed by atoms with Gasteiger partial charge in [-0.2, -0.15) is 0 Å². The summed E-state index contributed by atoms with van der Waals surface area (Å²) < 4.78 is 13.0. The van der Waals surface area contributed by atoms with Crippen molar-refractivity contribution in [3.05, 3.63) is 71.8 Å². The number of aryl methyl sites for hydroxylation is 1. The summed E-state index contributed by atoms with van der Waals surface area (Å²) in [5, 5.41) is 15.1. The first kappa shape index (κ1) is 26.4. The highest BCUT2D eigenvalue weighted by Gasteiger charge is 2.15. The molecule has 9 heteroatoms. The van der Waals surface area contributed by atoms with Gasteiger partial charge in [-0.15, -0.1) is 34.2 Å². The highest BCUT2D eigenvalue weighted by Crippen LogP contribution is 2.29. The lowest BCUT2D eigenvalue weighted by Gasteiger charge is -2.21. The Morgan fingerprint density at radius 1 is 1.12 bits per heavy atom. The number of aliphatic imine (C=N–C) groups is 1. The maximum atomic E-state index is 5.56. The molecule has 1 atom stereocenters. The van der Waals surface area contributed by atoms with E-state index in [1.165, 1.54) is 0 Å². The number of guanidine groups is 1. The van der Waals surface area contributed by atoms with Crippen LogP contribution in [0.25, 0.3) is 0 Å². The second kappa shape index (κ2) is 13.7. The lowest BCUT2D eigenvalue weighted by molar-refractivity contribution is 0.394. The standard InChI is InChI=1S/C24H32N6O2.HI/c1-5-23-29-27-17-30(23)14-13-25-24(26-16-19-9-7-6-8-10-19)28-18(2)21-15-20(31-3)11-12-22(21)32-4;/h6-12,15,17-18H,5,13-14,16H2,1-4H3,(H2,25,26,28);1H. The highest BCUT2D eigenvalue weighted by atomic mass is 127. The Morgan fingerprint density at radius 3 is 2.61 bits per heavy atom. The van der Waals surface area contributed by atoms with Gasteiger partial charge in [-0.3, -0.25) is 0 Å². The van der Waals surface area contributed by atoms with Gasteiger partial charge in [0.1, 0.15) is 23.7 Å². The van der Waals surface area contributed by atoms with Crippen LogP contribution in [0.2, 0.25) is 0 Å². The first-order valence-corrected chi connectivity index (χ1v) is 10.8. The summed E-state index contributed by atoms with van der Waals surface area (Å²) in [7, 11) is 3.33. The first-order valence-electron chi connectivity index (χ1n) is 10.8. The van der Waals surface area contributed by atoms with E-state index in [0.717, 1.165) is 47.4 Å². The number of benzene rings is 2. The van der Waals surface area contributed by atoms with Gasteiger partial charge in [0.25, 0.3) is 0 Å². The maximum Gasteiger partial charge on any atom is 0.192 e. The second-order valence-corrected chi connectivity index (χ2v) is 7.35. The molecule has 0 aliphatic carbocycles. The van der Waals surface area contributed by atoms with Gasteiger partial charge in [0.05, 0.1) is 26.8 Å². The van der Waals surface area contributed by atoms with Gasteiger partial charge < -0.3 is 24.7 Å². The third kappa shape index (κ3) is 7.62. The Hall–Kier alpha value is -2.82. The van der Waals surface area contributed by atoms with Crippen molar-refractivity contribution in [2.45, 2.75) is 39.4 Å². The van der Waals surface area contributed by atoms with E-state index in [9.17, 15) is 0 Å². The fraction of sp³-hybridized carbons (Fsp3) is 0.375. The van der Waals surface area contributed by atoms with E-state index in [2.05, 4.69) is 51.4 Å². The average molecular weight is 564 g/mol. The zero-order valence-electron chi connectivity index (χ0n) is 19.6. The van der Waals surface area contributed by atoms with Crippen LogP contribution in [-0.2, 0) is 19.5 Å². The molecule has 33 heavy (non-hydrogen) atoms. The van der Waals surface area contributed by atoms with Crippen LogP contribution in [0.5, 0.6) is 11.5 Å². The fourth-order valence-electron chi connectivity index (χ4n) is 3.40. The van der Waals surface area contributed by atoms with E-state index in [1.807, 2.05) is 36.4 Å². The molecule has 0 spiro atoms. The van der Waals surface area contributed by atoms with Gasteiger partial charge in [-0.25, -0.2) is 4.99 Å². The van der Waals surface area contributed by atoms with Gasteiger partial charge in [-0.05, 0) is 30.7 Å². The zero-order chi connectivity index (χ0) is 22.8. The number of nitrogens with zero attached hydrogens (tertiary/aromatic N) is 4. The van der Waals surface area contributed by atoms with Crippen molar-refractivity contribution in [3.8, 4) is 11.5 Å². The third-order valence-electron chi connectivity index (χ3n) is 5.18. The molecule has 0 saturated carbocycles. The van der Waals surface area contributed by atoms with Crippen molar-refractivity contribution in [3.63, 3.8) is 0 Å². The number of ether oxygens (including phenoxy) is 2. The summed E-state index contributed by atoms with van der Waals surface area (Å²) in [5.74, 6) is 3.27. The molecule has 1 unspecified atom stereocenters. The molecule has 0 aliphatic heterocycles. The first-order chi connectivity index (χ1) is 15.6. The van der Waals surface area contributed by atoms with Crippen molar-refractivity contribution in [2.24, 2.45) is 4.99 Å². The minimum Gasteiger partial charge on any atom is -0.497 e. The summed E-state index contributed by atoms with van der Waals surface area (Å²) in [4.78, 5) is 4.80. The molecule has 0 saturated heterocycles. The van der Waals surface area contributed by atoms with Gasteiger partial charge in [0, 0.05) is 25.1 Å². The Balaban J connectivity index is 0.00000385. The van der Waals surface area contributed by atoms with Gasteiger partial charge in [0.2, 0.25) is 0 Å². The molecule has 2 aromatic carbocycles. The van der Waals surface area contributed by atoms with Crippen LogP contribution in [0.1, 0.15) is 36.8 Å². The largest absolute Gasteiger partial charge is 0.497 e. The number of halogens is 1. The normalized spacial score (nSPS) is 11.9. The van der Waals surface area contributed by atoms with E-state index < -0.39 is 0 Å². The summed E-state index contributed by atoms with van der Waals surface area (Å²) >= 11 is 0. The van der Waals surface area contributed by atoms with Crippen LogP contribution in [0.15, 0.2) is 59.9 Å². The van der Waals surface area contributed by atoms with Crippen LogP contribution in [-0.4, -0.2) is 41.5 Å². The highest BCUT2D eigenvalue weighted by molar-refractivity contribution is 14.0. The molecule has 0 bridgehead atoms. The minimum absolute atomic E-state index is 0. The number of methoxy groups -OCH3 is 2. The van der Waals surface area contributed by atoms with Gasteiger partial charge in [0.15, 0.2) is 5.96 Å². The molecule has 2 N–H and O–H groups in total. The van der Waals surface area contributed by atoms with Crippen LogP contribution < -0.4 is 20.1 Å². The van der Waals surface area contributed by atoms with Crippen LogP contribution in [0.3, 0.4) is 0 Å². The molecule has 0 fully saturated rings. The quantitative estimate of drug-likeness (QED) is 0.220. The minimum atomic E-state index is -0.0526. The summed E-state index contributed by atoms with van der Waals surface area (Å²) in [6, 6.07) is 15.9. The van der Waals surface area contributed by atoms with Crippen molar-refractivity contribution in [1.29, 1.82) is 0 Å². The van der Waals surface area contributed by atoms with Gasteiger partial charge in [-0.1, -0.05) is 37.3 Å². The molecule has 0 amide bonds. The lowest BCUT2D eigenvalue weighted by atomic mass is 10.1. The topological polar surface area (TPSA) is 85.6 Å². The van der Waals surface area contributed by atoms with Gasteiger partial charge >= 0.3 is 0 Å². The predicted octanol–water partition coefficient (Wildman–Crippen LogP) is 3.97. The summed E-state index contributed by atoms with van der Waals surface area (Å²) in [6.07, 6.45) is 2.61. The van der Waals surface area contributed by atoms with Crippen molar-refractivity contribution < 1.29 is 9.47 Å². The van der Waals surface area contributed by atoms with Crippen LogP contribution in [0, 0.1) is 0 Å². The van der Waals surface area contributed by atoms with E-state index in [-0.39, 0.29) is 30.0 Å². The Labute approximate surface area is 212 Å². The number of hydrogen-bond acceptors (Lipinski definition) is 5. The SMILES string of the molecule is CCc1nncn1CCNC(=NCc1ccccc1)NC(C)c1cc(OC)ccc1OC.I. The monoisotopic (exact) mass is 564 g/mol. The van der Waals surface area contributed by atoms with Crippen LogP contribution in [0.4, 0.5) is 0 Å². The smallest absolute Gasteiger partial charge is 0.192 e. The van der Waals surface area contributed by atoms with E-state index in [0.29, 0.717) is 13.1 Å². The number of nitrogens with one attached hydrogen (secondary N) is 2. The molecular weight excluding hydrogens is 531 g/mol. The second-order valence-electron chi connectivity index (χ2n) is 7.35. The molecular formula is C24H33IN6O2. The van der Waals surface area contributed by atoms with E-state index >= 15 is 0 Å². The number of rotatable bonds is 10. The molecule has 178 valence electrons. The number of aromatic nitrogens is 3. The molecule has 3 aromatic rings. The maximum absolute atomic E-state index is 5.56. The molecule has 3 rings (SSSR count). The van der Waals surface area contributed by atoms with E-state index in [1.54, 1.807) is 20.5 Å². The molecule has 1 aromatic heterocycles. The van der Waals surface area contributed by atoms with E-state index in [4.69, 9.17) is 14.5 Å². The van der Waals surface area contributed by atoms with Crippen LogP contribution >= 0.6 is 24.0 Å².